The molecule has 0 amide bonds. The molecule has 1 saturated heterocycles. The van der Waals surface area contributed by atoms with Crippen LogP contribution in [0.4, 0.5) is 0 Å². The molecule has 2 nitrogen and oxygen atoms in total. The summed E-state index contributed by atoms with van der Waals surface area (Å²) in [6.07, 6.45) is 10.0. The van der Waals surface area contributed by atoms with E-state index in [0.717, 1.165) is 24.5 Å². The van der Waals surface area contributed by atoms with Crippen molar-refractivity contribution in [3.63, 3.8) is 0 Å². The SMILES string of the molecule is CCCCC1CC(NCC)CN(C2CCC2)C1. The summed E-state index contributed by atoms with van der Waals surface area (Å²) in [4.78, 5) is 2.79. The Balaban J connectivity index is 1.84. The first kappa shape index (κ1) is 13.4. The minimum Gasteiger partial charge on any atom is -0.313 e. The molecule has 2 heteroatoms. The first-order valence-electron chi connectivity index (χ1n) is 7.80. The monoisotopic (exact) mass is 238 g/mol. The number of rotatable bonds is 6. The van der Waals surface area contributed by atoms with E-state index in [1.807, 2.05) is 0 Å². The van der Waals surface area contributed by atoms with E-state index in [2.05, 4.69) is 24.1 Å². The zero-order valence-corrected chi connectivity index (χ0v) is 11.8. The Kier molecular flexibility index (Phi) is 5.30. The molecule has 100 valence electrons. The van der Waals surface area contributed by atoms with Gasteiger partial charge in [0, 0.05) is 25.2 Å². The number of likely N-dealkylation sites (tertiary alicyclic amines) is 1. The van der Waals surface area contributed by atoms with Crippen LogP contribution in [0.2, 0.25) is 0 Å². The molecule has 17 heavy (non-hydrogen) atoms. The van der Waals surface area contributed by atoms with Crippen molar-refractivity contribution in [1.82, 2.24) is 10.2 Å². The van der Waals surface area contributed by atoms with Crippen LogP contribution in [0.25, 0.3) is 0 Å². The summed E-state index contributed by atoms with van der Waals surface area (Å²) >= 11 is 0. The van der Waals surface area contributed by atoms with E-state index in [1.165, 1.54) is 58.0 Å². The maximum Gasteiger partial charge on any atom is 0.0198 e. The van der Waals surface area contributed by atoms with Crippen LogP contribution in [0.3, 0.4) is 0 Å². The van der Waals surface area contributed by atoms with Crippen LogP contribution in [0, 0.1) is 5.92 Å². The Hall–Kier alpha value is -0.0800. The normalized spacial score (nSPS) is 31.4. The van der Waals surface area contributed by atoms with Gasteiger partial charge in [0.1, 0.15) is 0 Å². The van der Waals surface area contributed by atoms with Crippen molar-refractivity contribution in [2.75, 3.05) is 19.6 Å². The highest BCUT2D eigenvalue weighted by Gasteiger charge is 2.32. The third kappa shape index (κ3) is 3.69. The van der Waals surface area contributed by atoms with E-state index in [0.29, 0.717) is 0 Å². The number of nitrogens with zero attached hydrogens (tertiary/aromatic N) is 1. The Morgan fingerprint density at radius 1 is 1.18 bits per heavy atom. The first-order valence-corrected chi connectivity index (χ1v) is 7.80. The van der Waals surface area contributed by atoms with Gasteiger partial charge >= 0.3 is 0 Å². The lowest BCUT2D eigenvalue weighted by molar-refractivity contribution is 0.0560. The number of unbranched alkanes of at least 4 members (excludes halogenated alkanes) is 1. The Morgan fingerprint density at radius 3 is 2.59 bits per heavy atom. The van der Waals surface area contributed by atoms with E-state index in [-0.39, 0.29) is 0 Å². The molecule has 1 N–H and O–H groups in total. The summed E-state index contributed by atoms with van der Waals surface area (Å²) < 4.78 is 0. The van der Waals surface area contributed by atoms with E-state index >= 15 is 0 Å². The van der Waals surface area contributed by atoms with Gasteiger partial charge < -0.3 is 5.32 Å². The maximum absolute atomic E-state index is 3.68. The number of hydrogen-bond donors (Lipinski definition) is 1. The van der Waals surface area contributed by atoms with Crippen molar-refractivity contribution in [3.8, 4) is 0 Å². The summed E-state index contributed by atoms with van der Waals surface area (Å²) in [6, 6.07) is 1.69. The molecule has 2 fully saturated rings. The molecule has 0 radical (unpaired) electrons. The Bertz CT molecular complexity index is 213. The largest absolute Gasteiger partial charge is 0.313 e. The summed E-state index contributed by atoms with van der Waals surface area (Å²) in [6.45, 7) is 8.37. The third-order valence-electron chi connectivity index (χ3n) is 4.62. The van der Waals surface area contributed by atoms with E-state index in [9.17, 15) is 0 Å². The fourth-order valence-corrected chi connectivity index (χ4v) is 3.43. The van der Waals surface area contributed by atoms with Crippen LogP contribution in [0.15, 0.2) is 0 Å². The Labute approximate surface area is 107 Å². The zero-order chi connectivity index (χ0) is 12.1. The van der Waals surface area contributed by atoms with Gasteiger partial charge in [0.2, 0.25) is 0 Å². The standard InChI is InChI=1S/C15H30N2/c1-3-5-7-13-10-14(16-4-2)12-17(11-13)15-8-6-9-15/h13-16H,3-12H2,1-2H3. The number of likely N-dealkylation sites (N-methyl/N-ethyl adjacent to an activating group) is 1. The number of piperidine rings is 1. The quantitative estimate of drug-likeness (QED) is 0.765. The molecule has 2 aliphatic rings. The summed E-state index contributed by atoms with van der Waals surface area (Å²) in [5.74, 6) is 0.952. The highest BCUT2D eigenvalue weighted by molar-refractivity contribution is 4.89. The predicted molar refractivity (Wildman–Crippen MR) is 74.3 cm³/mol. The van der Waals surface area contributed by atoms with E-state index in [4.69, 9.17) is 0 Å². The lowest BCUT2D eigenvalue weighted by atomic mass is 9.84. The molecule has 0 aromatic heterocycles. The molecular weight excluding hydrogens is 208 g/mol. The van der Waals surface area contributed by atoms with Crippen molar-refractivity contribution >= 4 is 0 Å². The minimum atomic E-state index is 0.760. The van der Waals surface area contributed by atoms with Gasteiger partial charge in [-0.15, -0.1) is 0 Å². The molecular formula is C15H30N2. The molecule has 1 aliphatic heterocycles. The average molecular weight is 238 g/mol. The lowest BCUT2D eigenvalue weighted by Gasteiger charge is -2.45. The highest BCUT2D eigenvalue weighted by atomic mass is 15.2. The summed E-state index contributed by atoms with van der Waals surface area (Å²) in [7, 11) is 0. The second-order valence-electron chi connectivity index (χ2n) is 6.04. The van der Waals surface area contributed by atoms with Gasteiger partial charge in [-0.3, -0.25) is 4.90 Å². The van der Waals surface area contributed by atoms with Gasteiger partial charge in [0.05, 0.1) is 0 Å². The molecule has 2 unspecified atom stereocenters. The van der Waals surface area contributed by atoms with Gasteiger partial charge in [0.25, 0.3) is 0 Å². The van der Waals surface area contributed by atoms with Crippen molar-refractivity contribution < 1.29 is 0 Å². The molecule has 1 saturated carbocycles. The topological polar surface area (TPSA) is 15.3 Å². The zero-order valence-electron chi connectivity index (χ0n) is 11.8. The average Bonchev–Trinajstić information content (AvgIpc) is 2.24. The number of nitrogens with one attached hydrogen (secondary N) is 1. The molecule has 0 aromatic carbocycles. The maximum atomic E-state index is 3.68. The third-order valence-corrected chi connectivity index (χ3v) is 4.62. The van der Waals surface area contributed by atoms with Crippen LogP contribution < -0.4 is 5.32 Å². The van der Waals surface area contributed by atoms with Crippen LogP contribution in [0.5, 0.6) is 0 Å². The lowest BCUT2D eigenvalue weighted by Crippen LogP contribution is -2.54. The van der Waals surface area contributed by atoms with Crippen LogP contribution in [0.1, 0.15) is 58.8 Å². The second kappa shape index (κ2) is 6.75. The molecule has 0 aromatic rings. The summed E-state index contributed by atoms with van der Waals surface area (Å²) in [5, 5.41) is 3.68. The summed E-state index contributed by atoms with van der Waals surface area (Å²) in [5.41, 5.74) is 0. The smallest absolute Gasteiger partial charge is 0.0198 e. The van der Waals surface area contributed by atoms with Crippen LogP contribution in [-0.4, -0.2) is 36.6 Å². The molecule has 2 atom stereocenters. The van der Waals surface area contributed by atoms with E-state index in [1.54, 1.807) is 0 Å². The van der Waals surface area contributed by atoms with Gasteiger partial charge in [-0.25, -0.2) is 0 Å². The highest BCUT2D eigenvalue weighted by Crippen LogP contribution is 2.30. The van der Waals surface area contributed by atoms with Crippen LogP contribution >= 0.6 is 0 Å². The Morgan fingerprint density at radius 2 is 2.00 bits per heavy atom. The van der Waals surface area contributed by atoms with Crippen LogP contribution in [-0.2, 0) is 0 Å². The van der Waals surface area contributed by atoms with E-state index < -0.39 is 0 Å². The minimum absolute atomic E-state index is 0.760. The van der Waals surface area contributed by atoms with Crippen molar-refractivity contribution in [1.29, 1.82) is 0 Å². The fourth-order valence-electron chi connectivity index (χ4n) is 3.43. The number of hydrogen-bond acceptors (Lipinski definition) is 2. The molecule has 2 rings (SSSR count). The first-order chi connectivity index (χ1) is 8.33. The van der Waals surface area contributed by atoms with Crippen molar-refractivity contribution in [2.45, 2.75) is 70.9 Å². The molecule has 1 heterocycles. The van der Waals surface area contributed by atoms with Gasteiger partial charge in [-0.2, -0.15) is 0 Å². The fraction of sp³-hybridized carbons (Fsp3) is 1.00. The molecule has 0 spiro atoms. The van der Waals surface area contributed by atoms with Gasteiger partial charge in [-0.05, 0) is 38.1 Å². The van der Waals surface area contributed by atoms with Crippen molar-refractivity contribution in [2.24, 2.45) is 5.92 Å². The predicted octanol–water partition coefficient (Wildman–Crippen LogP) is 3.03. The second-order valence-corrected chi connectivity index (χ2v) is 6.04. The molecule has 0 bridgehead atoms. The van der Waals surface area contributed by atoms with Gasteiger partial charge in [0.15, 0.2) is 0 Å². The molecule has 1 aliphatic carbocycles. The van der Waals surface area contributed by atoms with Gasteiger partial charge in [-0.1, -0.05) is 33.1 Å². The van der Waals surface area contributed by atoms with Crippen molar-refractivity contribution in [3.05, 3.63) is 0 Å².